The maximum absolute atomic E-state index is 10.8. The molecule has 0 aliphatic carbocycles. The van der Waals surface area contributed by atoms with Gasteiger partial charge >= 0.3 is 11.9 Å². The molecule has 0 amide bonds. The van der Waals surface area contributed by atoms with E-state index in [-0.39, 0.29) is 12.8 Å². The van der Waals surface area contributed by atoms with Gasteiger partial charge in [0.15, 0.2) is 0 Å². The molecule has 5 nitrogen and oxygen atoms in total. The second kappa shape index (κ2) is 6.00. The summed E-state index contributed by atoms with van der Waals surface area (Å²) in [4.78, 5) is 21.3. The Morgan fingerprint density at radius 3 is 2.54 bits per heavy atom. The summed E-state index contributed by atoms with van der Waals surface area (Å²) in [5.74, 6) is -1.01. The van der Waals surface area contributed by atoms with Crippen LogP contribution < -0.4 is 0 Å². The quantitative estimate of drug-likeness (QED) is 0.592. The van der Waals surface area contributed by atoms with Crippen LogP contribution in [0.5, 0.6) is 0 Å². The molecule has 1 atom stereocenters. The number of nitrogens with zero attached hydrogens (tertiary/aromatic N) is 1. The van der Waals surface area contributed by atoms with Gasteiger partial charge in [-0.2, -0.15) is 5.26 Å². The molecule has 0 N–H and O–H groups in total. The van der Waals surface area contributed by atoms with Crippen molar-refractivity contribution in [1.29, 1.82) is 5.26 Å². The van der Waals surface area contributed by atoms with Gasteiger partial charge in [0.1, 0.15) is 6.10 Å². The average molecular weight is 185 g/mol. The molecule has 0 aliphatic rings. The molecule has 13 heavy (non-hydrogen) atoms. The second-order valence-corrected chi connectivity index (χ2v) is 2.37. The fourth-order valence-electron chi connectivity index (χ4n) is 0.761. The van der Waals surface area contributed by atoms with Crippen molar-refractivity contribution in [3.05, 3.63) is 0 Å². The van der Waals surface area contributed by atoms with Crippen LogP contribution in [0.2, 0.25) is 0 Å². The highest BCUT2D eigenvalue weighted by atomic mass is 16.6. The summed E-state index contributed by atoms with van der Waals surface area (Å²) < 4.78 is 9.07. The number of nitriles is 1. The number of hydrogen-bond acceptors (Lipinski definition) is 5. The molecule has 0 aromatic carbocycles. The van der Waals surface area contributed by atoms with E-state index < -0.39 is 18.0 Å². The van der Waals surface area contributed by atoms with Crippen molar-refractivity contribution in [2.24, 2.45) is 0 Å². The Hall–Kier alpha value is -1.57. The Balaban J connectivity index is 4.02. The fourth-order valence-corrected chi connectivity index (χ4v) is 0.761. The summed E-state index contributed by atoms with van der Waals surface area (Å²) in [6, 6.07) is 1.82. The van der Waals surface area contributed by atoms with E-state index in [9.17, 15) is 9.59 Å². The number of esters is 2. The molecule has 0 heterocycles. The summed E-state index contributed by atoms with van der Waals surface area (Å²) in [6.07, 6.45) is -0.784. The van der Waals surface area contributed by atoms with Gasteiger partial charge in [0.25, 0.3) is 0 Å². The molecule has 5 heteroatoms. The Morgan fingerprint density at radius 1 is 1.54 bits per heavy atom. The second-order valence-electron chi connectivity index (χ2n) is 2.37. The highest BCUT2D eigenvalue weighted by molar-refractivity contribution is 5.71. The third-order valence-electron chi connectivity index (χ3n) is 1.27. The van der Waals surface area contributed by atoms with Crippen molar-refractivity contribution in [1.82, 2.24) is 0 Å². The van der Waals surface area contributed by atoms with Crippen molar-refractivity contribution in [3.63, 3.8) is 0 Å². The number of carbonyl (C=O) groups excluding carboxylic acids is 2. The zero-order chi connectivity index (χ0) is 10.3. The van der Waals surface area contributed by atoms with Crippen LogP contribution in [-0.4, -0.2) is 25.2 Å². The van der Waals surface area contributed by atoms with E-state index >= 15 is 0 Å². The van der Waals surface area contributed by atoms with Crippen molar-refractivity contribution < 1.29 is 19.1 Å². The molecule has 0 radical (unpaired) electrons. The van der Waals surface area contributed by atoms with E-state index in [0.717, 1.165) is 0 Å². The maximum atomic E-state index is 10.8. The third kappa shape index (κ3) is 5.67. The summed E-state index contributed by atoms with van der Waals surface area (Å²) in [7, 11) is 1.24. The smallest absolute Gasteiger partial charge is 0.309 e. The molecule has 0 saturated carbocycles. The largest absolute Gasteiger partial charge is 0.469 e. The zero-order valence-electron chi connectivity index (χ0n) is 7.57. The van der Waals surface area contributed by atoms with Crippen LogP contribution in [0, 0.1) is 11.3 Å². The van der Waals surface area contributed by atoms with Crippen molar-refractivity contribution in [2.75, 3.05) is 7.11 Å². The Kier molecular flexibility index (Phi) is 5.28. The van der Waals surface area contributed by atoms with Crippen LogP contribution >= 0.6 is 0 Å². The number of ether oxygens (including phenoxy) is 2. The van der Waals surface area contributed by atoms with Crippen LogP contribution in [0.4, 0.5) is 0 Å². The van der Waals surface area contributed by atoms with E-state index in [2.05, 4.69) is 4.74 Å². The van der Waals surface area contributed by atoms with Crippen molar-refractivity contribution >= 4 is 11.9 Å². The molecule has 0 fully saturated rings. The normalized spacial score (nSPS) is 11.2. The minimum Gasteiger partial charge on any atom is -0.469 e. The first-order valence-corrected chi connectivity index (χ1v) is 3.71. The molecule has 0 bridgehead atoms. The van der Waals surface area contributed by atoms with Gasteiger partial charge in [-0.25, -0.2) is 0 Å². The molecule has 0 spiro atoms. The first-order valence-electron chi connectivity index (χ1n) is 3.71. The van der Waals surface area contributed by atoms with Gasteiger partial charge in [-0.1, -0.05) is 0 Å². The minimum atomic E-state index is -0.699. The van der Waals surface area contributed by atoms with Gasteiger partial charge in [-0.15, -0.1) is 0 Å². The van der Waals surface area contributed by atoms with Crippen molar-refractivity contribution in [3.8, 4) is 6.07 Å². The van der Waals surface area contributed by atoms with Crippen LogP contribution in [-0.2, 0) is 19.1 Å². The topological polar surface area (TPSA) is 76.4 Å². The standard InChI is InChI=1S/C8H11NO4/c1-6(10)13-7(3-4-9)5-8(11)12-2/h7H,3,5H2,1-2H3. The molecule has 0 aromatic rings. The minimum absolute atomic E-state index is 0.00528. The number of methoxy groups -OCH3 is 1. The summed E-state index contributed by atoms with van der Waals surface area (Å²) in [6.45, 7) is 1.22. The van der Waals surface area contributed by atoms with E-state index in [0.29, 0.717) is 0 Å². The van der Waals surface area contributed by atoms with Crippen molar-refractivity contribution in [2.45, 2.75) is 25.9 Å². The molecule has 72 valence electrons. The Morgan fingerprint density at radius 2 is 2.15 bits per heavy atom. The first kappa shape index (κ1) is 11.4. The first-order chi connectivity index (χ1) is 6.10. The molecular weight excluding hydrogens is 174 g/mol. The van der Waals surface area contributed by atoms with E-state index in [4.69, 9.17) is 10.00 Å². The highest BCUT2D eigenvalue weighted by Crippen LogP contribution is 2.04. The Bertz CT molecular complexity index is 231. The van der Waals surface area contributed by atoms with Crippen LogP contribution in [0.25, 0.3) is 0 Å². The summed E-state index contributed by atoms with van der Waals surface area (Å²) in [5.41, 5.74) is 0. The van der Waals surface area contributed by atoms with Gasteiger partial charge in [0, 0.05) is 6.92 Å². The SMILES string of the molecule is COC(=O)CC(CC#N)OC(C)=O. The van der Waals surface area contributed by atoms with Gasteiger partial charge in [0.2, 0.25) is 0 Å². The summed E-state index contributed by atoms with van der Waals surface area (Å²) >= 11 is 0. The van der Waals surface area contributed by atoms with Gasteiger partial charge in [-0.3, -0.25) is 9.59 Å². The lowest BCUT2D eigenvalue weighted by Gasteiger charge is -2.11. The van der Waals surface area contributed by atoms with E-state index in [1.165, 1.54) is 14.0 Å². The molecule has 1 unspecified atom stereocenters. The third-order valence-corrected chi connectivity index (χ3v) is 1.27. The average Bonchev–Trinajstić information content (AvgIpc) is 2.03. The lowest BCUT2D eigenvalue weighted by atomic mass is 10.2. The Labute approximate surface area is 76.2 Å². The lowest BCUT2D eigenvalue weighted by Crippen LogP contribution is -2.20. The van der Waals surface area contributed by atoms with Gasteiger partial charge < -0.3 is 9.47 Å². The number of carbonyl (C=O) groups is 2. The number of rotatable bonds is 4. The zero-order valence-corrected chi connectivity index (χ0v) is 7.57. The van der Waals surface area contributed by atoms with Crippen LogP contribution in [0.3, 0.4) is 0 Å². The van der Waals surface area contributed by atoms with E-state index in [1.807, 2.05) is 6.07 Å². The lowest BCUT2D eigenvalue weighted by molar-refractivity contribution is -0.151. The van der Waals surface area contributed by atoms with Crippen LogP contribution in [0.1, 0.15) is 19.8 Å². The number of hydrogen-bond donors (Lipinski definition) is 0. The van der Waals surface area contributed by atoms with Gasteiger partial charge in [0.05, 0.1) is 26.0 Å². The molecule has 0 aliphatic heterocycles. The van der Waals surface area contributed by atoms with Gasteiger partial charge in [-0.05, 0) is 0 Å². The molecule has 0 aromatic heterocycles. The van der Waals surface area contributed by atoms with E-state index in [1.54, 1.807) is 0 Å². The molecule has 0 rings (SSSR count). The predicted molar refractivity (Wildman–Crippen MR) is 42.4 cm³/mol. The molecule has 0 saturated heterocycles. The van der Waals surface area contributed by atoms with Crippen LogP contribution in [0.15, 0.2) is 0 Å². The predicted octanol–water partition coefficient (Wildman–Crippen LogP) is 0.395. The monoisotopic (exact) mass is 185 g/mol. The molecular formula is C8H11NO4. The fraction of sp³-hybridized carbons (Fsp3) is 0.625. The highest BCUT2D eigenvalue weighted by Gasteiger charge is 2.16. The summed E-state index contributed by atoms with van der Waals surface area (Å²) in [5, 5.41) is 8.34. The maximum Gasteiger partial charge on any atom is 0.309 e.